The monoisotopic (exact) mass is 277 g/mol. The zero-order valence-corrected chi connectivity index (χ0v) is 11.3. The van der Waals surface area contributed by atoms with Crippen LogP contribution in [0.2, 0.25) is 8.67 Å². The Labute approximate surface area is 109 Å². The number of amides is 1. The lowest BCUT2D eigenvalue weighted by molar-refractivity contribution is 0.0636. The molecule has 1 unspecified atom stereocenters. The molecule has 1 aliphatic heterocycles. The average molecular weight is 278 g/mol. The third-order valence-electron chi connectivity index (χ3n) is 2.95. The number of hydrogen-bond donors (Lipinski definition) is 0. The standard InChI is InChI=1S/C11H13Cl2NOS/c1-7-4-2-3-5-14(7)11(15)8-6-9(12)16-10(8)13/h6-7H,2-5H2,1H3. The van der Waals surface area contributed by atoms with Crippen molar-refractivity contribution in [3.05, 3.63) is 20.3 Å². The van der Waals surface area contributed by atoms with Crippen molar-refractivity contribution in [3.8, 4) is 0 Å². The van der Waals surface area contributed by atoms with Gasteiger partial charge in [-0.3, -0.25) is 4.79 Å². The van der Waals surface area contributed by atoms with Gasteiger partial charge < -0.3 is 4.90 Å². The van der Waals surface area contributed by atoms with E-state index in [1.807, 2.05) is 4.90 Å². The summed E-state index contributed by atoms with van der Waals surface area (Å²) in [5, 5.41) is 0. The van der Waals surface area contributed by atoms with Crippen LogP contribution in [-0.2, 0) is 0 Å². The van der Waals surface area contributed by atoms with Gasteiger partial charge in [-0.1, -0.05) is 23.2 Å². The maximum atomic E-state index is 12.2. The van der Waals surface area contributed by atoms with Crippen molar-refractivity contribution < 1.29 is 4.79 Å². The largest absolute Gasteiger partial charge is 0.336 e. The number of piperidine rings is 1. The average Bonchev–Trinajstić information content (AvgIpc) is 2.58. The van der Waals surface area contributed by atoms with Crippen LogP contribution in [0.25, 0.3) is 0 Å². The van der Waals surface area contributed by atoms with E-state index in [9.17, 15) is 4.79 Å². The van der Waals surface area contributed by atoms with Gasteiger partial charge in [0, 0.05) is 12.6 Å². The van der Waals surface area contributed by atoms with Crippen LogP contribution in [0.1, 0.15) is 36.5 Å². The van der Waals surface area contributed by atoms with E-state index in [0.29, 0.717) is 20.3 Å². The zero-order chi connectivity index (χ0) is 11.7. The molecule has 16 heavy (non-hydrogen) atoms. The Kier molecular flexibility index (Phi) is 3.77. The minimum absolute atomic E-state index is 0.0142. The highest BCUT2D eigenvalue weighted by Crippen LogP contribution is 2.33. The van der Waals surface area contributed by atoms with Gasteiger partial charge >= 0.3 is 0 Å². The van der Waals surface area contributed by atoms with E-state index >= 15 is 0 Å². The fourth-order valence-corrected chi connectivity index (χ4v) is 3.49. The molecule has 0 saturated carbocycles. The Morgan fingerprint density at radius 3 is 2.81 bits per heavy atom. The number of nitrogens with zero attached hydrogens (tertiary/aromatic N) is 1. The van der Waals surface area contributed by atoms with Gasteiger partial charge in [-0.25, -0.2) is 0 Å². The third kappa shape index (κ3) is 2.36. The smallest absolute Gasteiger partial charge is 0.256 e. The first-order valence-electron chi connectivity index (χ1n) is 5.35. The predicted octanol–water partition coefficient (Wildman–Crippen LogP) is 4.07. The van der Waals surface area contributed by atoms with E-state index in [1.54, 1.807) is 6.07 Å². The number of carbonyl (C=O) groups is 1. The molecule has 88 valence electrons. The summed E-state index contributed by atoms with van der Waals surface area (Å²) in [6.45, 7) is 2.91. The van der Waals surface area contributed by atoms with Crippen molar-refractivity contribution in [2.75, 3.05) is 6.54 Å². The normalized spacial score (nSPS) is 21.2. The second-order valence-electron chi connectivity index (χ2n) is 4.08. The topological polar surface area (TPSA) is 20.3 Å². The van der Waals surface area contributed by atoms with Crippen molar-refractivity contribution in [2.45, 2.75) is 32.2 Å². The molecular formula is C11H13Cl2NOS. The lowest BCUT2D eigenvalue weighted by Gasteiger charge is -2.33. The van der Waals surface area contributed by atoms with Gasteiger partial charge in [0.15, 0.2) is 0 Å². The SMILES string of the molecule is CC1CCCCN1C(=O)c1cc(Cl)sc1Cl. The molecule has 0 spiro atoms. The summed E-state index contributed by atoms with van der Waals surface area (Å²) < 4.78 is 1.06. The number of carbonyl (C=O) groups excluding carboxylic acids is 1. The summed E-state index contributed by atoms with van der Waals surface area (Å²) in [6, 6.07) is 1.97. The van der Waals surface area contributed by atoms with Crippen LogP contribution < -0.4 is 0 Å². The van der Waals surface area contributed by atoms with E-state index in [1.165, 1.54) is 17.8 Å². The maximum Gasteiger partial charge on any atom is 0.256 e. The zero-order valence-electron chi connectivity index (χ0n) is 9.00. The first-order valence-corrected chi connectivity index (χ1v) is 6.92. The van der Waals surface area contributed by atoms with Crippen LogP contribution >= 0.6 is 34.5 Å². The minimum Gasteiger partial charge on any atom is -0.336 e. The van der Waals surface area contributed by atoms with Crippen molar-refractivity contribution in [1.29, 1.82) is 0 Å². The van der Waals surface area contributed by atoms with Gasteiger partial charge in [-0.2, -0.15) is 0 Å². The highest BCUT2D eigenvalue weighted by Gasteiger charge is 2.26. The molecule has 1 aliphatic rings. The lowest BCUT2D eigenvalue weighted by atomic mass is 10.0. The molecular weight excluding hydrogens is 265 g/mol. The van der Waals surface area contributed by atoms with E-state index in [-0.39, 0.29) is 5.91 Å². The molecule has 1 saturated heterocycles. The number of hydrogen-bond acceptors (Lipinski definition) is 2. The first-order chi connectivity index (χ1) is 7.59. The summed E-state index contributed by atoms with van der Waals surface area (Å²) in [6.07, 6.45) is 3.34. The van der Waals surface area contributed by atoms with Gasteiger partial charge in [0.2, 0.25) is 0 Å². The second kappa shape index (κ2) is 4.94. The van der Waals surface area contributed by atoms with Crippen LogP contribution in [0.4, 0.5) is 0 Å². The van der Waals surface area contributed by atoms with Crippen LogP contribution in [0.15, 0.2) is 6.07 Å². The van der Waals surface area contributed by atoms with Crippen molar-refractivity contribution in [3.63, 3.8) is 0 Å². The highest BCUT2D eigenvalue weighted by atomic mass is 35.5. The molecule has 0 aromatic carbocycles. The molecule has 0 radical (unpaired) electrons. The van der Waals surface area contributed by atoms with E-state index in [0.717, 1.165) is 19.4 Å². The van der Waals surface area contributed by atoms with Gasteiger partial charge in [-0.05, 0) is 32.3 Å². The number of rotatable bonds is 1. The molecule has 2 heterocycles. The Balaban J connectivity index is 2.21. The van der Waals surface area contributed by atoms with Crippen molar-refractivity contribution in [2.24, 2.45) is 0 Å². The molecule has 1 aromatic rings. The van der Waals surface area contributed by atoms with Crippen LogP contribution in [0.5, 0.6) is 0 Å². The fourth-order valence-electron chi connectivity index (χ4n) is 2.04. The summed E-state index contributed by atoms with van der Waals surface area (Å²) in [5.74, 6) is 0.0142. The molecule has 0 aliphatic carbocycles. The molecule has 2 nitrogen and oxygen atoms in total. The van der Waals surface area contributed by atoms with Gasteiger partial charge in [0.05, 0.1) is 9.90 Å². The van der Waals surface area contributed by atoms with Crippen LogP contribution in [0, 0.1) is 0 Å². The lowest BCUT2D eigenvalue weighted by Crippen LogP contribution is -2.41. The van der Waals surface area contributed by atoms with Gasteiger partial charge in [0.1, 0.15) is 4.34 Å². The minimum atomic E-state index is 0.0142. The summed E-state index contributed by atoms with van der Waals surface area (Å²) in [4.78, 5) is 14.1. The van der Waals surface area contributed by atoms with Gasteiger partial charge in [-0.15, -0.1) is 11.3 Å². The molecule has 0 bridgehead atoms. The maximum absolute atomic E-state index is 12.2. The quantitative estimate of drug-likeness (QED) is 0.758. The van der Waals surface area contributed by atoms with Gasteiger partial charge in [0.25, 0.3) is 5.91 Å². The molecule has 5 heteroatoms. The second-order valence-corrected chi connectivity index (χ2v) is 6.37. The number of halogens is 2. The Morgan fingerprint density at radius 2 is 2.25 bits per heavy atom. The Bertz CT molecular complexity index is 405. The molecule has 1 aromatic heterocycles. The number of thiophene rings is 1. The molecule has 2 rings (SSSR count). The summed E-state index contributed by atoms with van der Waals surface area (Å²) in [5.41, 5.74) is 0.547. The molecule has 0 N–H and O–H groups in total. The fraction of sp³-hybridized carbons (Fsp3) is 0.545. The van der Waals surface area contributed by atoms with E-state index in [4.69, 9.17) is 23.2 Å². The molecule has 1 atom stereocenters. The first kappa shape index (κ1) is 12.2. The predicted molar refractivity (Wildman–Crippen MR) is 68.7 cm³/mol. The van der Waals surface area contributed by atoms with Crippen molar-refractivity contribution >= 4 is 40.4 Å². The highest BCUT2D eigenvalue weighted by molar-refractivity contribution is 7.20. The number of likely N-dealkylation sites (tertiary alicyclic amines) is 1. The van der Waals surface area contributed by atoms with Crippen molar-refractivity contribution in [1.82, 2.24) is 4.90 Å². The Hall–Kier alpha value is -0.250. The van der Waals surface area contributed by atoms with Crippen LogP contribution in [0.3, 0.4) is 0 Å². The van der Waals surface area contributed by atoms with Crippen LogP contribution in [-0.4, -0.2) is 23.4 Å². The van der Waals surface area contributed by atoms with E-state index < -0.39 is 0 Å². The molecule has 1 fully saturated rings. The summed E-state index contributed by atoms with van der Waals surface area (Å²) in [7, 11) is 0. The van der Waals surface area contributed by atoms with E-state index in [2.05, 4.69) is 6.92 Å². The third-order valence-corrected chi connectivity index (χ3v) is 4.44. The Morgan fingerprint density at radius 1 is 1.50 bits per heavy atom. The molecule has 1 amide bonds. The summed E-state index contributed by atoms with van der Waals surface area (Å²) >= 11 is 13.1.